The van der Waals surface area contributed by atoms with Gasteiger partial charge in [0.15, 0.2) is 0 Å². The highest BCUT2D eigenvalue weighted by atomic mass is 79.9. The van der Waals surface area contributed by atoms with Crippen LogP contribution < -0.4 is 0 Å². The van der Waals surface area contributed by atoms with Gasteiger partial charge in [0, 0.05) is 15.0 Å². The third-order valence-electron chi connectivity index (χ3n) is 1.33. The first-order chi connectivity index (χ1) is 6.09. The predicted molar refractivity (Wildman–Crippen MR) is 57.9 cm³/mol. The van der Waals surface area contributed by atoms with Crippen LogP contribution in [-0.4, -0.2) is 4.92 Å². The van der Waals surface area contributed by atoms with Crippen LogP contribution in [0.2, 0.25) is 0 Å². The van der Waals surface area contributed by atoms with Gasteiger partial charge in [0.1, 0.15) is 0 Å². The molecule has 0 N–H and O–H groups in total. The number of hydrogen-bond donors (Lipinski definition) is 0. The van der Waals surface area contributed by atoms with E-state index in [2.05, 4.69) is 31.9 Å². The van der Waals surface area contributed by atoms with Gasteiger partial charge in [0.25, 0.3) is 0 Å². The molecule has 0 fully saturated rings. The Morgan fingerprint density at radius 1 is 1.31 bits per heavy atom. The maximum atomic E-state index is 10.0. The molecule has 0 unspecified atom stereocenters. The van der Waals surface area contributed by atoms with Crippen LogP contribution in [0.15, 0.2) is 33.3 Å². The molecular weight excluding hydrogens is 302 g/mol. The quantitative estimate of drug-likeness (QED) is 0.620. The second-order valence-corrected chi connectivity index (χ2v) is 3.98. The van der Waals surface area contributed by atoms with Gasteiger partial charge in [-0.15, -0.1) is 0 Å². The Morgan fingerprint density at radius 2 is 2.00 bits per heavy atom. The molecule has 0 saturated carbocycles. The SMILES string of the molecule is O=[N+]([O-])/C=C/c1ccc(Br)c(Br)c1. The molecule has 0 aliphatic rings. The topological polar surface area (TPSA) is 43.1 Å². The number of halogens is 2. The van der Waals surface area contributed by atoms with E-state index in [4.69, 9.17) is 0 Å². The van der Waals surface area contributed by atoms with Crippen LogP contribution >= 0.6 is 31.9 Å². The standard InChI is InChI=1S/C8H5Br2NO2/c9-7-2-1-6(5-8(7)10)3-4-11(12)13/h1-5H/b4-3+. The van der Waals surface area contributed by atoms with Crippen molar-refractivity contribution in [2.24, 2.45) is 0 Å². The molecule has 0 aliphatic carbocycles. The number of rotatable bonds is 2. The average molecular weight is 307 g/mol. The Labute approximate surface area is 91.9 Å². The molecule has 0 aromatic heterocycles. The highest BCUT2D eigenvalue weighted by Gasteiger charge is 1.96. The van der Waals surface area contributed by atoms with Gasteiger partial charge in [-0.25, -0.2) is 0 Å². The monoisotopic (exact) mass is 305 g/mol. The molecule has 68 valence electrons. The summed E-state index contributed by atoms with van der Waals surface area (Å²) in [6.07, 6.45) is 2.35. The summed E-state index contributed by atoms with van der Waals surface area (Å²) in [6.45, 7) is 0. The Kier molecular flexibility index (Phi) is 3.62. The molecule has 0 spiro atoms. The minimum Gasteiger partial charge on any atom is -0.259 e. The smallest absolute Gasteiger partial charge is 0.235 e. The Morgan fingerprint density at radius 3 is 2.54 bits per heavy atom. The van der Waals surface area contributed by atoms with Crippen LogP contribution in [0, 0.1) is 10.1 Å². The summed E-state index contributed by atoms with van der Waals surface area (Å²) in [4.78, 5) is 9.53. The largest absolute Gasteiger partial charge is 0.259 e. The lowest BCUT2D eigenvalue weighted by Gasteiger charge is -1.96. The predicted octanol–water partition coefficient (Wildman–Crippen LogP) is 3.46. The minimum atomic E-state index is -0.490. The number of benzene rings is 1. The summed E-state index contributed by atoms with van der Waals surface area (Å²) in [6, 6.07) is 5.41. The first kappa shape index (κ1) is 10.4. The summed E-state index contributed by atoms with van der Waals surface area (Å²) >= 11 is 6.61. The Bertz CT molecular complexity index is 363. The van der Waals surface area contributed by atoms with E-state index in [0.29, 0.717) is 0 Å². The number of nitrogens with zero attached hydrogens (tertiary/aromatic N) is 1. The second kappa shape index (κ2) is 4.53. The first-order valence-electron chi connectivity index (χ1n) is 3.36. The van der Waals surface area contributed by atoms with Crippen LogP contribution in [0.5, 0.6) is 0 Å². The summed E-state index contributed by atoms with van der Waals surface area (Å²) in [5.74, 6) is 0. The lowest BCUT2D eigenvalue weighted by Crippen LogP contribution is -1.82. The van der Waals surface area contributed by atoms with E-state index in [0.717, 1.165) is 20.7 Å². The van der Waals surface area contributed by atoms with Crippen molar-refractivity contribution in [1.29, 1.82) is 0 Å². The van der Waals surface area contributed by atoms with Gasteiger partial charge in [-0.05, 0) is 49.6 Å². The van der Waals surface area contributed by atoms with Crippen molar-refractivity contribution in [2.75, 3.05) is 0 Å². The fraction of sp³-hybridized carbons (Fsp3) is 0. The van der Waals surface area contributed by atoms with Gasteiger partial charge in [-0.2, -0.15) is 0 Å². The minimum absolute atomic E-state index is 0.490. The molecule has 1 aromatic carbocycles. The Balaban J connectivity index is 2.92. The fourth-order valence-electron chi connectivity index (χ4n) is 0.763. The Hall–Kier alpha value is -0.680. The van der Waals surface area contributed by atoms with Crippen LogP contribution in [0.25, 0.3) is 6.08 Å². The van der Waals surface area contributed by atoms with Crippen molar-refractivity contribution >= 4 is 37.9 Å². The summed E-state index contributed by atoms with van der Waals surface area (Å²) in [7, 11) is 0. The molecule has 1 rings (SSSR count). The third-order valence-corrected chi connectivity index (χ3v) is 3.21. The van der Waals surface area contributed by atoms with Crippen molar-refractivity contribution < 1.29 is 4.92 Å². The number of hydrogen-bond acceptors (Lipinski definition) is 2. The normalized spacial score (nSPS) is 10.6. The van der Waals surface area contributed by atoms with Crippen LogP contribution in [-0.2, 0) is 0 Å². The van der Waals surface area contributed by atoms with E-state index < -0.39 is 4.92 Å². The molecule has 3 nitrogen and oxygen atoms in total. The van der Waals surface area contributed by atoms with E-state index in [9.17, 15) is 10.1 Å². The zero-order valence-corrected chi connectivity index (χ0v) is 9.58. The van der Waals surface area contributed by atoms with E-state index in [1.165, 1.54) is 6.08 Å². The number of nitro groups is 1. The molecule has 0 atom stereocenters. The maximum Gasteiger partial charge on any atom is 0.235 e. The zero-order chi connectivity index (χ0) is 9.84. The molecule has 0 bridgehead atoms. The van der Waals surface area contributed by atoms with Crippen molar-refractivity contribution in [3.05, 3.63) is 49.0 Å². The zero-order valence-electron chi connectivity index (χ0n) is 6.41. The molecule has 0 radical (unpaired) electrons. The van der Waals surface area contributed by atoms with E-state index in [1.54, 1.807) is 12.1 Å². The summed E-state index contributed by atoms with van der Waals surface area (Å²) < 4.78 is 1.80. The van der Waals surface area contributed by atoms with Crippen LogP contribution in [0.4, 0.5) is 0 Å². The maximum absolute atomic E-state index is 10.0. The molecule has 13 heavy (non-hydrogen) atoms. The molecule has 0 amide bonds. The van der Waals surface area contributed by atoms with Crippen LogP contribution in [0.3, 0.4) is 0 Å². The van der Waals surface area contributed by atoms with Gasteiger partial charge in [-0.1, -0.05) is 6.07 Å². The van der Waals surface area contributed by atoms with Gasteiger partial charge >= 0.3 is 0 Å². The third kappa shape index (κ3) is 3.28. The van der Waals surface area contributed by atoms with Crippen molar-refractivity contribution in [3.8, 4) is 0 Å². The molecule has 0 saturated heterocycles. The lowest BCUT2D eigenvalue weighted by atomic mass is 10.2. The molecule has 0 aliphatic heterocycles. The molecule has 1 aromatic rings. The van der Waals surface area contributed by atoms with E-state index in [1.807, 2.05) is 6.07 Å². The van der Waals surface area contributed by atoms with E-state index in [-0.39, 0.29) is 0 Å². The highest BCUT2D eigenvalue weighted by Crippen LogP contribution is 2.24. The first-order valence-corrected chi connectivity index (χ1v) is 4.95. The van der Waals surface area contributed by atoms with Gasteiger partial charge < -0.3 is 0 Å². The molecular formula is C8H5Br2NO2. The summed E-state index contributed by atoms with van der Waals surface area (Å²) in [5, 5.41) is 10.0. The molecule has 5 heteroatoms. The van der Waals surface area contributed by atoms with Crippen molar-refractivity contribution in [1.82, 2.24) is 0 Å². The lowest BCUT2D eigenvalue weighted by molar-refractivity contribution is -0.400. The van der Waals surface area contributed by atoms with Gasteiger partial charge in [0.2, 0.25) is 6.20 Å². The van der Waals surface area contributed by atoms with Gasteiger partial charge in [0.05, 0.1) is 4.92 Å². The highest BCUT2D eigenvalue weighted by molar-refractivity contribution is 9.13. The van der Waals surface area contributed by atoms with Crippen molar-refractivity contribution in [2.45, 2.75) is 0 Å². The van der Waals surface area contributed by atoms with E-state index >= 15 is 0 Å². The fourth-order valence-corrected chi connectivity index (χ4v) is 1.41. The van der Waals surface area contributed by atoms with Crippen molar-refractivity contribution in [3.63, 3.8) is 0 Å². The average Bonchev–Trinajstić information content (AvgIpc) is 2.07. The second-order valence-electron chi connectivity index (χ2n) is 2.27. The van der Waals surface area contributed by atoms with Gasteiger partial charge in [-0.3, -0.25) is 10.1 Å². The molecule has 0 heterocycles. The summed E-state index contributed by atoms with van der Waals surface area (Å²) in [5.41, 5.74) is 0.784. The van der Waals surface area contributed by atoms with Crippen LogP contribution in [0.1, 0.15) is 5.56 Å².